The van der Waals surface area contributed by atoms with Gasteiger partial charge >= 0.3 is 0 Å². The molecule has 1 aromatic rings. The van der Waals surface area contributed by atoms with Crippen molar-refractivity contribution in [3.63, 3.8) is 0 Å². The van der Waals surface area contributed by atoms with Crippen LogP contribution in [0.1, 0.15) is 45.2 Å². The van der Waals surface area contributed by atoms with Crippen molar-refractivity contribution in [1.29, 1.82) is 0 Å². The molecule has 2 aliphatic heterocycles. The number of thiazole rings is 1. The van der Waals surface area contributed by atoms with E-state index in [2.05, 4.69) is 4.98 Å². The summed E-state index contributed by atoms with van der Waals surface area (Å²) in [4.78, 5) is 4.08. The highest BCUT2D eigenvalue weighted by atomic mass is 32.1. The van der Waals surface area contributed by atoms with Gasteiger partial charge < -0.3 is 29.2 Å². The Balaban J connectivity index is 1.69. The molecule has 0 bridgehead atoms. The molecule has 2 N–H and O–H groups in total. The van der Waals surface area contributed by atoms with Crippen molar-refractivity contribution >= 4 is 11.3 Å². The van der Waals surface area contributed by atoms with E-state index in [4.69, 9.17) is 18.9 Å². The molecule has 0 unspecified atom stereocenters. The van der Waals surface area contributed by atoms with Gasteiger partial charge in [-0.05, 0) is 27.7 Å². The summed E-state index contributed by atoms with van der Waals surface area (Å²) in [7, 11) is 0. The second-order valence-corrected chi connectivity index (χ2v) is 8.05. The van der Waals surface area contributed by atoms with Crippen LogP contribution in [0.25, 0.3) is 0 Å². The molecule has 3 heterocycles. The molecule has 24 heavy (non-hydrogen) atoms. The maximum Gasteiger partial charge on any atom is 0.164 e. The molecule has 2 saturated heterocycles. The third-order valence-corrected chi connectivity index (χ3v) is 5.02. The Bertz CT molecular complexity index is 549. The van der Waals surface area contributed by atoms with E-state index in [9.17, 15) is 10.2 Å². The minimum atomic E-state index is -0.914. The van der Waals surface area contributed by atoms with Gasteiger partial charge in [-0.2, -0.15) is 0 Å². The van der Waals surface area contributed by atoms with Gasteiger partial charge in [-0.25, -0.2) is 4.98 Å². The van der Waals surface area contributed by atoms with Gasteiger partial charge in [-0.1, -0.05) is 0 Å². The molecule has 0 saturated carbocycles. The van der Waals surface area contributed by atoms with Crippen LogP contribution in [0.15, 0.2) is 11.6 Å². The van der Waals surface area contributed by atoms with Gasteiger partial charge in [0.2, 0.25) is 0 Å². The van der Waals surface area contributed by atoms with Crippen molar-refractivity contribution in [1.82, 2.24) is 4.98 Å². The number of hydrogen-bond acceptors (Lipinski definition) is 8. The summed E-state index contributed by atoms with van der Waals surface area (Å²) in [6.45, 7) is 7.64. The molecule has 1 aromatic heterocycles. The number of aromatic nitrogens is 1. The molecule has 0 aliphatic carbocycles. The molecule has 2 fully saturated rings. The van der Waals surface area contributed by atoms with E-state index in [1.807, 2.05) is 13.8 Å². The first kappa shape index (κ1) is 18.2. The van der Waals surface area contributed by atoms with Crippen molar-refractivity contribution in [2.24, 2.45) is 0 Å². The summed E-state index contributed by atoms with van der Waals surface area (Å²) in [5.74, 6) is -1.52. The molecular weight excluding hydrogens is 334 g/mol. The largest absolute Gasteiger partial charge is 0.390 e. The third-order valence-electron chi connectivity index (χ3n) is 4.14. The summed E-state index contributed by atoms with van der Waals surface area (Å²) in [5, 5.41) is 23.2. The lowest BCUT2D eigenvalue weighted by atomic mass is 9.99. The van der Waals surface area contributed by atoms with Crippen molar-refractivity contribution < 1.29 is 29.2 Å². The summed E-state index contributed by atoms with van der Waals surface area (Å²) < 4.78 is 23.3. The molecule has 0 aromatic carbocycles. The number of aliphatic hydroxyl groups excluding tert-OH is 2. The van der Waals surface area contributed by atoms with Crippen LogP contribution in [-0.4, -0.2) is 57.8 Å². The van der Waals surface area contributed by atoms with Crippen molar-refractivity contribution in [3.8, 4) is 0 Å². The second kappa shape index (κ2) is 6.60. The Hall–Kier alpha value is -0.610. The highest BCUT2D eigenvalue weighted by Crippen LogP contribution is 2.38. The Morgan fingerprint density at radius 2 is 1.96 bits per heavy atom. The van der Waals surface area contributed by atoms with Gasteiger partial charge in [0.1, 0.15) is 29.4 Å². The fourth-order valence-corrected chi connectivity index (χ4v) is 3.78. The molecule has 136 valence electrons. The van der Waals surface area contributed by atoms with Crippen LogP contribution in [0.2, 0.25) is 0 Å². The zero-order valence-electron chi connectivity index (χ0n) is 14.3. The van der Waals surface area contributed by atoms with Gasteiger partial charge in [0.25, 0.3) is 0 Å². The van der Waals surface area contributed by atoms with Crippen molar-refractivity contribution in [3.05, 3.63) is 16.6 Å². The number of aliphatic hydroxyl groups is 2. The van der Waals surface area contributed by atoms with Crippen molar-refractivity contribution in [2.75, 3.05) is 6.61 Å². The second-order valence-electron chi connectivity index (χ2n) is 7.12. The van der Waals surface area contributed by atoms with Crippen LogP contribution < -0.4 is 0 Å². The average molecular weight is 359 g/mol. The first-order valence-corrected chi connectivity index (χ1v) is 8.98. The average Bonchev–Trinajstić information content (AvgIpc) is 3.17. The lowest BCUT2D eigenvalue weighted by Gasteiger charge is -2.27. The highest BCUT2D eigenvalue weighted by molar-refractivity contribution is 7.09. The van der Waals surface area contributed by atoms with Crippen LogP contribution in [0.5, 0.6) is 0 Å². The molecule has 8 heteroatoms. The zero-order chi connectivity index (χ0) is 17.5. The predicted octanol–water partition coefficient (Wildman–Crippen LogP) is 1.60. The van der Waals surface area contributed by atoms with E-state index < -0.39 is 36.0 Å². The molecular formula is C16H25NO6S. The van der Waals surface area contributed by atoms with Gasteiger partial charge in [0.15, 0.2) is 11.6 Å². The topological polar surface area (TPSA) is 90.3 Å². The zero-order valence-corrected chi connectivity index (χ0v) is 15.2. The van der Waals surface area contributed by atoms with Crippen LogP contribution >= 0.6 is 11.3 Å². The Morgan fingerprint density at radius 1 is 1.21 bits per heavy atom. The maximum atomic E-state index is 10.6. The fraction of sp³-hybridized carbons (Fsp3) is 0.812. The minimum Gasteiger partial charge on any atom is -0.390 e. The van der Waals surface area contributed by atoms with Crippen LogP contribution in [0.4, 0.5) is 0 Å². The third kappa shape index (κ3) is 3.96. The van der Waals surface area contributed by atoms with E-state index >= 15 is 0 Å². The standard InChI is InChI=1S/C16H25NO6S/c1-15(2)20-8-11(21-15)13-12(22-16(3,4)23-13)9(18)7-10(19)14-17-5-6-24-14/h5-6,9-13,18-19H,7-8H2,1-4H3/t9-,10-,11-,12-,13-/m1/s1. The van der Waals surface area contributed by atoms with Gasteiger partial charge in [0.05, 0.1) is 12.7 Å². The number of rotatable bonds is 5. The molecule has 3 rings (SSSR count). The van der Waals surface area contributed by atoms with Gasteiger partial charge in [0, 0.05) is 18.0 Å². The lowest BCUT2D eigenvalue weighted by Crippen LogP contribution is -2.44. The Labute approximate surface area is 145 Å². The van der Waals surface area contributed by atoms with E-state index in [0.29, 0.717) is 11.6 Å². The first-order valence-electron chi connectivity index (χ1n) is 8.10. The summed E-state index contributed by atoms with van der Waals surface area (Å²) in [5.41, 5.74) is 0. The summed E-state index contributed by atoms with van der Waals surface area (Å²) in [6.07, 6.45) is -1.43. The smallest absolute Gasteiger partial charge is 0.164 e. The molecule has 0 radical (unpaired) electrons. The van der Waals surface area contributed by atoms with E-state index in [0.717, 1.165) is 0 Å². The highest BCUT2D eigenvalue weighted by Gasteiger charge is 2.52. The van der Waals surface area contributed by atoms with E-state index in [-0.39, 0.29) is 12.5 Å². The molecule has 0 spiro atoms. The first-order chi connectivity index (χ1) is 11.2. The lowest BCUT2D eigenvalue weighted by molar-refractivity contribution is -0.175. The van der Waals surface area contributed by atoms with Crippen LogP contribution in [0.3, 0.4) is 0 Å². The van der Waals surface area contributed by atoms with Crippen molar-refractivity contribution in [2.45, 2.75) is 76.2 Å². The Kier molecular flexibility index (Phi) is 5.00. The number of hydrogen-bond donors (Lipinski definition) is 2. The van der Waals surface area contributed by atoms with E-state index in [1.54, 1.807) is 25.4 Å². The van der Waals surface area contributed by atoms with Gasteiger partial charge in [-0.15, -0.1) is 11.3 Å². The minimum absolute atomic E-state index is 0.116. The SMILES string of the molecule is CC1(C)O[C@H]([C@H](O)C[C@@H](O)c2nccs2)[C@@H]([C@H]2COC(C)(C)O2)O1. The molecule has 7 nitrogen and oxygen atoms in total. The quantitative estimate of drug-likeness (QED) is 0.825. The summed E-state index contributed by atoms with van der Waals surface area (Å²) in [6, 6.07) is 0. The Morgan fingerprint density at radius 3 is 2.54 bits per heavy atom. The number of ether oxygens (including phenoxy) is 4. The van der Waals surface area contributed by atoms with Crippen LogP contribution in [0, 0.1) is 0 Å². The van der Waals surface area contributed by atoms with E-state index in [1.165, 1.54) is 11.3 Å². The number of nitrogens with zero attached hydrogens (tertiary/aromatic N) is 1. The molecule has 2 aliphatic rings. The molecule has 5 atom stereocenters. The van der Waals surface area contributed by atoms with Crippen LogP contribution in [-0.2, 0) is 18.9 Å². The fourth-order valence-electron chi connectivity index (χ4n) is 3.14. The summed E-state index contributed by atoms with van der Waals surface area (Å²) >= 11 is 1.35. The van der Waals surface area contributed by atoms with Gasteiger partial charge in [-0.3, -0.25) is 0 Å². The molecule has 0 amide bonds. The predicted molar refractivity (Wildman–Crippen MR) is 86.4 cm³/mol. The normalized spacial score (nSPS) is 34.3. The monoisotopic (exact) mass is 359 g/mol. The maximum absolute atomic E-state index is 10.6.